The van der Waals surface area contributed by atoms with Crippen LogP contribution in [-0.2, 0) is 14.4 Å². The molecule has 8 heteroatoms. The van der Waals surface area contributed by atoms with E-state index in [4.69, 9.17) is 4.84 Å². The third-order valence-corrected chi connectivity index (χ3v) is 6.10. The number of imide groups is 1. The van der Waals surface area contributed by atoms with Gasteiger partial charge in [-0.2, -0.15) is 0 Å². The molecule has 3 atom stereocenters. The van der Waals surface area contributed by atoms with Gasteiger partial charge in [0, 0.05) is 12.1 Å². The van der Waals surface area contributed by atoms with Gasteiger partial charge in [0.1, 0.15) is 5.41 Å². The maximum Gasteiger partial charge on any atom is 0.271 e. The van der Waals surface area contributed by atoms with Crippen LogP contribution in [-0.4, -0.2) is 22.8 Å². The molecule has 0 bridgehead atoms. The topological polar surface area (TPSA) is 93.0 Å². The fourth-order valence-corrected chi connectivity index (χ4v) is 4.55. The molecule has 32 heavy (non-hydrogen) atoms. The van der Waals surface area contributed by atoms with Crippen LogP contribution in [0.15, 0.2) is 84.9 Å². The molecule has 3 aromatic rings. The van der Waals surface area contributed by atoms with Gasteiger partial charge >= 0.3 is 0 Å². The van der Waals surface area contributed by atoms with Crippen molar-refractivity contribution in [3.63, 3.8) is 0 Å². The molecule has 2 saturated heterocycles. The third kappa shape index (κ3) is 2.80. The summed E-state index contributed by atoms with van der Waals surface area (Å²) in [7, 11) is 0. The Morgan fingerprint density at radius 2 is 1.53 bits per heavy atom. The number of amides is 2. The molecule has 0 N–H and O–H groups in total. The van der Waals surface area contributed by atoms with Gasteiger partial charge in [-0.25, -0.2) is 9.96 Å². The van der Waals surface area contributed by atoms with E-state index < -0.39 is 34.3 Å². The fourth-order valence-electron chi connectivity index (χ4n) is 4.55. The predicted molar refractivity (Wildman–Crippen MR) is 117 cm³/mol. The van der Waals surface area contributed by atoms with Crippen molar-refractivity contribution in [3.05, 3.63) is 101 Å². The quantitative estimate of drug-likeness (QED) is 0.353. The molecule has 0 aromatic heterocycles. The van der Waals surface area contributed by atoms with Gasteiger partial charge in [0.15, 0.2) is 6.10 Å². The van der Waals surface area contributed by atoms with Crippen molar-refractivity contribution in [2.45, 2.75) is 19.1 Å². The summed E-state index contributed by atoms with van der Waals surface area (Å²) in [4.78, 5) is 45.0. The molecule has 2 aliphatic heterocycles. The molecule has 2 amide bonds. The normalized spacial score (nSPS) is 24.7. The van der Waals surface area contributed by atoms with E-state index in [1.807, 2.05) is 60.7 Å². The highest BCUT2D eigenvalue weighted by atomic mass is 16.7. The third-order valence-electron chi connectivity index (χ3n) is 6.10. The molecule has 2 heterocycles. The first-order valence-corrected chi connectivity index (χ1v) is 10.1. The maximum absolute atomic E-state index is 13.8. The molecule has 2 fully saturated rings. The Hall–Kier alpha value is -4.04. The van der Waals surface area contributed by atoms with Crippen molar-refractivity contribution in [3.8, 4) is 0 Å². The Labute approximate surface area is 183 Å². The van der Waals surface area contributed by atoms with Gasteiger partial charge in [-0.3, -0.25) is 24.5 Å². The zero-order chi connectivity index (χ0) is 22.5. The van der Waals surface area contributed by atoms with Gasteiger partial charge in [-0.1, -0.05) is 54.6 Å². The Balaban J connectivity index is 1.63. The van der Waals surface area contributed by atoms with Crippen LogP contribution in [0.5, 0.6) is 0 Å². The van der Waals surface area contributed by atoms with Crippen LogP contribution in [0, 0.1) is 15.5 Å². The molecular formula is C24H19N3O5. The van der Waals surface area contributed by atoms with Crippen molar-refractivity contribution in [1.29, 1.82) is 0 Å². The summed E-state index contributed by atoms with van der Waals surface area (Å²) < 4.78 is 0. The van der Waals surface area contributed by atoms with Crippen LogP contribution in [0.25, 0.3) is 0 Å². The maximum atomic E-state index is 13.8. The van der Waals surface area contributed by atoms with Crippen molar-refractivity contribution in [1.82, 2.24) is 0 Å². The number of non-ortho nitro benzene ring substituents is 1. The number of rotatable bonds is 4. The summed E-state index contributed by atoms with van der Waals surface area (Å²) in [6.07, 6.45) is -1.07. The molecule has 5 rings (SSSR count). The SMILES string of the molecule is C[C@]12C(=O)N(c3cccc([N+](=O)[O-])c3)C(=O)[C@H]1ON(c1ccccc1)[C@H]2c1ccccc1. The lowest BCUT2D eigenvalue weighted by Crippen LogP contribution is -2.41. The number of nitro groups is 1. The Morgan fingerprint density at radius 1 is 0.906 bits per heavy atom. The van der Waals surface area contributed by atoms with E-state index >= 15 is 0 Å². The average molecular weight is 429 g/mol. The molecule has 2 aliphatic rings. The predicted octanol–water partition coefficient (Wildman–Crippen LogP) is 4.04. The lowest BCUT2D eigenvalue weighted by atomic mass is 9.76. The Bertz CT molecular complexity index is 1220. The number of carbonyl (C=O) groups excluding carboxylic acids is 2. The van der Waals surface area contributed by atoms with E-state index in [0.29, 0.717) is 0 Å². The summed E-state index contributed by atoms with van der Waals surface area (Å²) in [5.41, 5.74) is 0.268. The minimum absolute atomic E-state index is 0.159. The van der Waals surface area contributed by atoms with Crippen molar-refractivity contribution in [2.75, 3.05) is 9.96 Å². The number of hydroxylamine groups is 1. The van der Waals surface area contributed by atoms with Gasteiger partial charge in [0.2, 0.25) is 5.91 Å². The molecule has 0 aliphatic carbocycles. The molecule has 160 valence electrons. The lowest BCUT2D eigenvalue weighted by Gasteiger charge is -2.32. The van der Waals surface area contributed by atoms with Crippen LogP contribution < -0.4 is 9.96 Å². The van der Waals surface area contributed by atoms with Crippen LogP contribution in [0.2, 0.25) is 0 Å². The first kappa shape index (κ1) is 19.9. The highest BCUT2D eigenvalue weighted by Crippen LogP contribution is 2.55. The van der Waals surface area contributed by atoms with Gasteiger partial charge in [0.05, 0.1) is 22.3 Å². The van der Waals surface area contributed by atoms with E-state index in [1.54, 1.807) is 12.0 Å². The molecule has 0 radical (unpaired) electrons. The van der Waals surface area contributed by atoms with E-state index in [2.05, 4.69) is 0 Å². The molecule has 3 aromatic carbocycles. The van der Waals surface area contributed by atoms with E-state index in [-0.39, 0.29) is 11.4 Å². The van der Waals surface area contributed by atoms with Gasteiger partial charge in [0.25, 0.3) is 11.6 Å². The number of nitrogens with zero attached hydrogens (tertiary/aromatic N) is 3. The van der Waals surface area contributed by atoms with E-state index in [9.17, 15) is 19.7 Å². The molecule has 8 nitrogen and oxygen atoms in total. The first-order valence-electron chi connectivity index (χ1n) is 10.1. The number of nitro benzene ring substituents is 1. The fraction of sp³-hybridized carbons (Fsp3) is 0.167. The summed E-state index contributed by atoms with van der Waals surface area (Å²) in [5.74, 6) is -1.00. The number of carbonyl (C=O) groups is 2. The van der Waals surface area contributed by atoms with Crippen LogP contribution in [0.3, 0.4) is 0 Å². The van der Waals surface area contributed by atoms with E-state index in [1.165, 1.54) is 24.3 Å². The summed E-state index contributed by atoms with van der Waals surface area (Å²) in [6.45, 7) is 1.72. The average Bonchev–Trinajstić information content (AvgIpc) is 3.23. The standard InChI is InChI=1S/C24H19N3O5/c1-24-20(16-9-4-2-5-10-16)26(17-11-6-3-7-12-17)32-21(24)22(28)25(23(24)29)18-13-8-14-19(15-18)27(30)31/h2-15,20-21H,1H3/t20-,21+,24+/m0/s1. The smallest absolute Gasteiger partial charge is 0.271 e. The van der Waals surface area contributed by atoms with Gasteiger partial charge in [-0.05, 0) is 30.7 Å². The molecule has 0 unspecified atom stereocenters. The van der Waals surface area contributed by atoms with Crippen LogP contribution >= 0.6 is 0 Å². The number of anilines is 2. The van der Waals surface area contributed by atoms with Crippen molar-refractivity contribution >= 4 is 28.9 Å². The monoisotopic (exact) mass is 429 g/mol. The van der Waals surface area contributed by atoms with E-state index in [0.717, 1.165) is 16.2 Å². The van der Waals surface area contributed by atoms with Crippen LogP contribution in [0.1, 0.15) is 18.5 Å². The van der Waals surface area contributed by atoms with Gasteiger partial charge in [-0.15, -0.1) is 0 Å². The molecular weight excluding hydrogens is 410 g/mol. The zero-order valence-electron chi connectivity index (χ0n) is 17.1. The zero-order valence-corrected chi connectivity index (χ0v) is 17.1. The number of benzene rings is 3. The lowest BCUT2D eigenvalue weighted by molar-refractivity contribution is -0.384. The first-order chi connectivity index (χ1) is 15.4. The highest BCUT2D eigenvalue weighted by molar-refractivity contribution is 6.25. The number of hydrogen-bond acceptors (Lipinski definition) is 6. The second-order valence-electron chi connectivity index (χ2n) is 8.00. The van der Waals surface area contributed by atoms with Crippen molar-refractivity contribution in [2.24, 2.45) is 5.41 Å². The number of hydrogen-bond donors (Lipinski definition) is 0. The van der Waals surface area contributed by atoms with Gasteiger partial charge < -0.3 is 0 Å². The van der Waals surface area contributed by atoms with Crippen molar-refractivity contribution < 1.29 is 19.3 Å². The minimum Gasteiger partial charge on any atom is -0.273 e. The Morgan fingerprint density at radius 3 is 2.19 bits per heavy atom. The molecule has 0 saturated carbocycles. The number of para-hydroxylation sites is 1. The summed E-state index contributed by atoms with van der Waals surface area (Å²) >= 11 is 0. The second-order valence-corrected chi connectivity index (χ2v) is 8.00. The summed E-state index contributed by atoms with van der Waals surface area (Å²) in [5, 5.41) is 12.8. The summed E-state index contributed by atoms with van der Waals surface area (Å²) in [6, 6.07) is 23.6. The second kappa shape index (κ2) is 7.28. The highest BCUT2D eigenvalue weighted by Gasteiger charge is 2.68. The Kier molecular flexibility index (Phi) is 4.53. The van der Waals surface area contributed by atoms with Crippen LogP contribution in [0.4, 0.5) is 17.1 Å². The molecule has 0 spiro atoms. The number of fused-ring (bicyclic) bond motifs is 1. The largest absolute Gasteiger partial charge is 0.273 e. The minimum atomic E-state index is -1.24.